The van der Waals surface area contributed by atoms with Gasteiger partial charge in [0.1, 0.15) is 6.61 Å². The first-order chi connectivity index (χ1) is 17.5. The van der Waals surface area contributed by atoms with Gasteiger partial charge in [-0.25, -0.2) is 0 Å². The third-order valence-corrected chi connectivity index (χ3v) is 5.91. The van der Waals surface area contributed by atoms with Crippen molar-refractivity contribution in [1.29, 1.82) is 0 Å². The van der Waals surface area contributed by atoms with E-state index in [1.165, 1.54) is 0 Å². The van der Waals surface area contributed by atoms with Crippen LogP contribution < -0.4 is 19.5 Å². The van der Waals surface area contributed by atoms with Crippen LogP contribution in [-0.2, 0) is 13.2 Å². The lowest BCUT2D eigenvalue weighted by Crippen LogP contribution is -2.54. The summed E-state index contributed by atoms with van der Waals surface area (Å²) >= 11 is 0. The Hall–Kier alpha value is -3.24. The average Bonchev–Trinajstić information content (AvgIpc) is 2.91. The highest BCUT2D eigenvalue weighted by Crippen LogP contribution is 2.30. The lowest BCUT2D eigenvalue weighted by atomic mass is 9.97. The predicted octanol–water partition coefficient (Wildman–Crippen LogP) is 2.63. The van der Waals surface area contributed by atoms with Gasteiger partial charge in [0.2, 0.25) is 11.8 Å². The minimum atomic E-state index is -1.27. The van der Waals surface area contributed by atoms with E-state index in [9.17, 15) is 15.3 Å². The maximum absolute atomic E-state index is 9.64. The van der Waals surface area contributed by atoms with E-state index < -0.39 is 25.4 Å². The summed E-state index contributed by atoms with van der Waals surface area (Å²) in [6.07, 6.45) is 0. The molecule has 3 rings (SSSR count). The molecule has 0 aliphatic heterocycles. The number of nitrogens with zero attached hydrogens (tertiary/aromatic N) is 2. The molecule has 9 nitrogen and oxygen atoms in total. The molecule has 1 aromatic heterocycles. The first-order valence-corrected chi connectivity index (χ1v) is 12.0. The number of aliphatic hydroxyl groups is 3. The molecule has 0 saturated heterocycles. The molecule has 0 spiro atoms. The van der Waals surface area contributed by atoms with E-state index in [0.29, 0.717) is 18.8 Å². The van der Waals surface area contributed by atoms with Gasteiger partial charge >= 0.3 is 6.01 Å². The topological polar surface area (TPSA) is 126 Å². The standard InChI is InChI=1S/C27H35N3O6/c1-4-34-24-23(14-28-27(16-31,17-32)18-33)25(35-5-2)30-26(29-24)36-15-21-12-9-13-22(19(21)3)20-10-7-6-8-11-20/h6-13,28,31-33H,4-5,14-18H2,1-3H3. The Kier molecular flexibility index (Phi) is 10.0. The first-order valence-electron chi connectivity index (χ1n) is 12.0. The van der Waals surface area contributed by atoms with Crippen LogP contribution in [0, 0.1) is 6.92 Å². The fourth-order valence-electron chi connectivity index (χ4n) is 3.66. The summed E-state index contributed by atoms with van der Waals surface area (Å²) in [6, 6.07) is 16.4. The zero-order valence-electron chi connectivity index (χ0n) is 21.0. The molecule has 0 saturated carbocycles. The van der Waals surface area contributed by atoms with E-state index in [1.54, 1.807) is 0 Å². The summed E-state index contributed by atoms with van der Waals surface area (Å²) < 4.78 is 17.5. The molecule has 36 heavy (non-hydrogen) atoms. The third kappa shape index (κ3) is 6.50. The number of hydrogen-bond donors (Lipinski definition) is 4. The normalized spacial score (nSPS) is 11.4. The number of hydrogen-bond acceptors (Lipinski definition) is 9. The largest absolute Gasteiger partial charge is 0.477 e. The Morgan fingerprint density at radius 2 is 1.42 bits per heavy atom. The fourth-order valence-corrected chi connectivity index (χ4v) is 3.66. The molecule has 3 aromatic rings. The van der Waals surface area contributed by atoms with E-state index in [2.05, 4.69) is 40.4 Å². The second-order valence-electron chi connectivity index (χ2n) is 8.31. The van der Waals surface area contributed by atoms with Gasteiger partial charge < -0.3 is 34.8 Å². The average molecular weight is 498 g/mol. The van der Waals surface area contributed by atoms with Crippen LogP contribution in [0.1, 0.15) is 30.5 Å². The molecule has 0 unspecified atom stereocenters. The van der Waals surface area contributed by atoms with E-state index in [4.69, 9.17) is 14.2 Å². The van der Waals surface area contributed by atoms with Gasteiger partial charge in [-0.1, -0.05) is 48.5 Å². The van der Waals surface area contributed by atoms with Crippen molar-refractivity contribution in [1.82, 2.24) is 15.3 Å². The zero-order valence-corrected chi connectivity index (χ0v) is 21.0. The quantitative estimate of drug-likeness (QED) is 0.266. The Morgan fingerprint density at radius 3 is 1.97 bits per heavy atom. The molecule has 2 aromatic carbocycles. The van der Waals surface area contributed by atoms with Crippen LogP contribution in [-0.4, -0.2) is 63.9 Å². The summed E-state index contributed by atoms with van der Waals surface area (Å²) in [5.74, 6) is 0.520. The second-order valence-corrected chi connectivity index (χ2v) is 8.31. The Morgan fingerprint density at radius 1 is 0.806 bits per heavy atom. The lowest BCUT2D eigenvalue weighted by Gasteiger charge is -2.29. The molecule has 1 heterocycles. The van der Waals surface area contributed by atoms with Crippen molar-refractivity contribution >= 4 is 0 Å². The highest BCUT2D eigenvalue weighted by molar-refractivity contribution is 5.68. The number of aliphatic hydroxyl groups excluding tert-OH is 3. The predicted molar refractivity (Wildman–Crippen MR) is 136 cm³/mol. The van der Waals surface area contributed by atoms with Crippen LogP contribution in [0.25, 0.3) is 11.1 Å². The minimum absolute atomic E-state index is 0.0882. The van der Waals surface area contributed by atoms with Crippen molar-refractivity contribution in [3.05, 3.63) is 65.2 Å². The van der Waals surface area contributed by atoms with E-state index >= 15 is 0 Å². The van der Waals surface area contributed by atoms with Crippen molar-refractivity contribution in [2.45, 2.75) is 39.5 Å². The van der Waals surface area contributed by atoms with Gasteiger partial charge in [-0.05, 0) is 43.0 Å². The molecular weight excluding hydrogens is 462 g/mol. The molecule has 0 bridgehead atoms. The number of rotatable bonds is 14. The van der Waals surface area contributed by atoms with Crippen molar-refractivity contribution in [2.75, 3.05) is 33.0 Å². The summed E-state index contributed by atoms with van der Waals surface area (Å²) in [6.45, 7) is 5.37. The maximum atomic E-state index is 9.64. The van der Waals surface area contributed by atoms with Gasteiger partial charge in [-0.15, -0.1) is 0 Å². The number of aromatic nitrogens is 2. The summed E-state index contributed by atoms with van der Waals surface area (Å²) in [5, 5.41) is 31.9. The Bertz CT molecular complexity index is 1070. The molecule has 0 radical (unpaired) electrons. The van der Waals surface area contributed by atoms with Crippen LogP contribution in [0.4, 0.5) is 0 Å². The Labute approximate surface area is 211 Å². The van der Waals surface area contributed by atoms with Gasteiger partial charge in [-0.2, -0.15) is 9.97 Å². The van der Waals surface area contributed by atoms with Gasteiger partial charge in [0.25, 0.3) is 0 Å². The zero-order chi connectivity index (χ0) is 26.0. The molecule has 0 aliphatic rings. The smallest absolute Gasteiger partial charge is 0.323 e. The SMILES string of the molecule is CCOc1nc(OCc2cccc(-c3ccccc3)c2C)nc(OCC)c1CNC(CO)(CO)CO. The highest BCUT2D eigenvalue weighted by atomic mass is 16.5. The molecule has 4 N–H and O–H groups in total. The summed E-state index contributed by atoms with van der Waals surface area (Å²) in [5.41, 5.74) is 3.58. The minimum Gasteiger partial charge on any atom is -0.477 e. The number of benzene rings is 2. The number of nitrogens with one attached hydrogen (secondary N) is 1. The van der Waals surface area contributed by atoms with Gasteiger partial charge in [0, 0.05) is 6.54 Å². The van der Waals surface area contributed by atoms with E-state index in [-0.39, 0.29) is 30.9 Å². The Balaban J connectivity index is 1.87. The molecule has 0 atom stereocenters. The van der Waals surface area contributed by atoms with Crippen molar-refractivity contribution < 1.29 is 29.5 Å². The molecule has 0 fully saturated rings. The van der Waals surface area contributed by atoms with Gasteiger partial charge in [0.05, 0.1) is 44.1 Å². The van der Waals surface area contributed by atoms with Crippen LogP contribution in [0.15, 0.2) is 48.5 Å². The van der Waals surface area contributed by atoms with Gasteiger partial charge in [0.15, 0.2) is 0 Å². The second kappa shape index (κ2) is 13.2. The van der Waals surface area contributed by atoms with Gasteiger partial charge in [-0.3, -0.25) is 0 Å². The monoisotopic (exact) mass is 497 g/mol. The molecule has 0 aliphatic carbocycles. The third-order valence-electron chi connectivity index (χ3n) is 5.91. The fraction of sp³-hybridized carbons (Fsp3) is 0.407. The van der Waals surface area contributed by atoms with Crippen LogP contribution in [0.2, 0.25) is 0 Å². The lowest BCUT2D eigenvalue weighted by molar-refractivity contribution is 0.0409. The van der Waals surface area contributed by atoms with Crippen LogP contribution in [0.3, 0.4) is 0 Å². The van der Waals surface area contributed by atoms with Crippen LogP contribution in [0.5, 0.6) is 17.8 Å². The van der Waals surface area contributed by atoms with E-state index in [0.717, 1.165) is 22.3 Å². The van der Waals surface area contributed by atoms with Crippen LogP contribution >= 0.6 is 0 Å². The molecule has 0 amide bonds. The van der Waals surface area contributed by atoms with Crippen molar-refractivity contribution in [3.8, 4) is 28.9 Å². The molecule has 9 heteroatoms. The summed E-state index contributed by atoms with van der Waals surface area (Å²) in [4.78, 5) is 8.89. The molecule has 194 valence electrons. The first kappa shape index (κ1) is 27.3. The maximum Gasteiger partial charge on any atom is 0.323 e. The van der Waals surface area contributed by atoms with E-state index in [1.807, 2.05) is 44.2 Å². The number of ether oxygens (including phenoxy) is 3. The van der Waals surface area contributed by atoms with Crippen molar-refractivity contribution in [3.63, 3.8) is 0 Å². The van der Waals surface area contributed by atoms with Crippen molar-refractivity contribution in [2.24, 2.45) is 0 Å². The highest BCUT2D eigenvalue weighted by Gasteiger charge is 2.29. The molecular formula is C27H35N3O6. The summed E-state index contributed by atoms with van der Waals surface area (Å²) in [7, 11) is 0.